The van der Waals surface area contributed by atoms with E-state index >= 15 is 0 Å². The van der Waals surface area contributed by atoms with Gasteiger partial charge < -0.3 is 11.5 Å². The van der Waals surface area contributed by atoms with Crippen molar-refractivity contribution in [2.75, 3.05) is 24.6 Å². The highest BCUT2D eigenvalue weighted by Gasteiger charge is 2.53. The molecule has 4 N–H and O–H groups in total. The number of hydrogen-bond acceptors (Lipinski definition) is 16. The van der Waals surface area contributed by atoms with Gasteiger partial charge in [-0.15, -0.1) is 0 Å². The topological polar surface area (TPSA) is 269 Å². The number of Topliss-reactive ketones (excluding diaryl/α,β-unsaturated/α-hetero) is 2. The predicted molar refractivity (Wildman–Crippen MR) is 246 cm³/mol. The number of nitriles is 2. The smallest absolute Gasteiger partial charge is 0.187 e. The highest BCUT2D eigenvalue weighted by atomic mass is 32.2. The van der Waals surface area contributed by atoms with Gasteiger partial charge in [0.15, 0.2) is 11.6 Å². The van der Waals surface area contributed by atoms with Gasteiger partial charge in [-0.1, -0.05) is 0 Å². The summed E-state index contributed by atoms with van der Waals surface area (Å²) in [5.41, 5.74) is 13.0. The Morgan fingerprint density at radius 3 is 1.41 bits per heavy atom. The molecule has 344 valence electrons. The van der Waals surface area contributed by atoms with Crippen LogP contribution in [0.2, 0.25) is 0 Å². The number of carbonyl (C=O) groups is 2. The molecule has 0 fully saturated rings. The van der Waals surface area contributed by atoms with Gasteiger partial charge in [-0.3, -0.25) is 39.5 Å². The third-order valence-corrected chi connectivity index (χ3v) is 19.6. The monoisotopic (exact) mass is 936 g/mol. The summed E-state index contributed by atoms with van der Waals surface area (Å²) < 4.78 is 64.7. The Kier molecular flexibility index (Phi) is 12.6. The number of aryl methyl sites for hydroxylation is 2. The van der Waals surface area contributed by atoms with Gasteiger partial charge in [0.1, 0.15) is 78.8 Å². The SMILES string of the molecule is Cc1cc(C#N)cnc1C(=O)Cc1ccc(F)c([C@]2(C)C[S@]3(=O)=NCCC[C@@]3(C)C(N)=N2)n1.Cc1cc(C#N)cnc1C(=O)Cc1ccc(F)c([C@]2(C)C[S@]3(=O)=NCCC[C@]3(C)C(N)=N2)n1. The standard InChI is InChI=1S/2C23H25FN6O2S/c2*1-14-9-15(11-25)12-27-19(14)18(31)10-16-5-6-17(24)20(29-16)22(2)13-33(32)23(3,21(26)30-22)7-4-8-28-33/h2*5-6,9,12H,4,7-8,10,13H2,1-3H3,(H2,26,30)/t22-,23+,33+;22-,23-,33+/m00/s1. The Bertz CT molecular complexity index is 2920. The van der Waals surface area contributed by atoms with Gasteiger partial charge in [-0.2, -0.15) is 10.5 Å². The van der Waals surface area contributed by atoms with Crippen molar-refractivity contribution < 1.29 is 26.8 Å². The highest BCUT2D eigenvalue weighted by molar-refractivity contribution is 7.96. The molecule has 0 spiro atoms. The summed E-state index contributed by atoms with van der Waals surface area (Å²) >= 11 is 0. The summed E-state index contributed by atoms with van der Waals surface area (Å²) in [6.45, 7) is 11.3. The van der Waals surface area contributed by atoms with E-state index in [9.17, 15) is 26.8 Å². The number of ketones is 2. The second kappa shape index (κ2) is 17.4. The summed E-state index contributed by atoms with van der Waals surface area (Å²) in [6, 6.07) is 12.5. The minimum atomic E-state index is -2.79. The third kappa shape index (κ3) is 8.48. The number of hydrogen-bond donors (Lipinski definition) is 2. The fourth-order valence-corrected chi connectivity index (χ4v) is 14.8. The summed E-state index contributed by atoms with van der Waals surface area (Å²) in [4.78, 5) is 51.9. The van der Waals surface area contributed by atoms with Crippen LogP contribution >= 0.6 is 0 Å². The number of halogens is 2. The van der Waals surface area contributed by atoms with E-state index in [-0.39, 0.29) is 70.4 Å². The predicted octanol–water partition coefficient (Wildman–Crippen LogP) is 5.66. The number of carbonyl (C=O) groups excluding carboxylic acids is 2. The molecule has 0 amide bonds. The van der Waals surface area contributed by atoms with Crippen molar-refractivity contribution in [2.24, 2.45) is 30.2 Å². The van der Waals surface area contributed by atoms with Gasteiger partial charge in [-0.05, 0) is 115 Å². The largest absolute Gasteiger partial charge is 0.386 e. The lowest BCUT2D eigenvalue weighted by molar-refractivity contribution is 0.0978. The molecule has 66 heavy (non-hydrogen) atoms. The zero-order valence-electron chi connectivity index (χ0n) is 37.5. The zero-order valence-corrected chi connectivity index (χ0v) is 39.2. The van der Waals surface area contributed by atoms with Crippen LogP contribution in [0.4, 0.5) is 8.78 Å². The van der Waals surface area contributed by atoms with E-state index in [4.69, 9.17) is 22.0 Å². The molecule has 0 aromatic carbocycles. The van der Waals surface area contributed by atoms with Crippen LogP contribution < -0.4 is 11.5 Å². The number of aromatic nitrogens is 4. The minimum Gasteiger partial charge on any atom is -0.386 e. The maximum Gasteiger partial charge on any atom is 0.187 e. The van der Waals surface area contributed by atoms with Crippen LogP contribution in [0.15, 0.2) is 67.5 Å². The van der Waals surface area contributed by atoms with Crippen LogP contribution in [0.1, 0.15) is 119 Å². The van der Waals surface area contributed by atoms with Crippen molar-refractivity contribution in [3.8, 4) is 12.1 Å². The van der Waals surface area contributed by atoms with Gasteiger partial charge in [0.2, 0.25) is 0 Å². The van der Waals surface area contributed by atoms with Gasteiger partial charge in [0.05, 0.1) is 54.9 Å². The Labute approximate surface area is 382 Å². The molecule has 8 heterocycles. The van der Waals surface area contributed by atoms with Gasteiger partial charge in [0, 0.05) is 36.9 Å². The Morgan fingerprint density at radius 1 is 0.682 bits per heavy atom. The Morgan fingerprint density at radius 2 is 1.06 bits per heavy atom. The van der Waals surface area contributed by atoms with Gasteiger partial charge in [-0.25, -0.2) is 25.9 Å². The van der Waals surface area contributed by atoms with E-state index < -0.39 is 51.7 Å². The lowest BCUT2D eigenvalue weighted by Crippen LogP contribution is -2.57. The van der Waals surface area contributed by atoms with E-state index in [1.807, 2.05) is 26.0 Å². The molecule has 4 aromatic heterocycles. The maximum atomic E-state index is 15.0. The molecule has 0 aliphatic carbocycles. The first-order chi connectivity index (χ1) is 31.0. The molecule has 0 saturated carbocycles. The molecule has 4 aliphatic heterocycles. The zero-order chi connectivity index (χ0) is 48.0. The number of nitrogens with zero attached hydrogens (tertiary/aromatic N) is 10. The number of aliphatic imine (C=N–C) groups is 2. The fraction of sp³-hybridized carbons (Fsp3) is 0.435. The quantitative estimate of drug-likeness (QED) is 0.203. The Balaban J connectivity index is 0.000000196. The van der Waals surface area contributed by atoms with E-state index in [1.165, 1.54) is 36.7 Å². The number of amidine groups is 2. The van der Waals surface area contributed by atoms with E-state index in [0.717, 1.165) is 12.8 Å². The number of rotatable bonds is 8. The van der Waals surface area contributed by atoms with Crippen molar-refractivity contribution >= 4 is 42.7 Å². The van der Waals surface area contributed by atoms with Crippen LogP contribution in [0.25, 0.3) is 0 Å². The molecule has 6 atom stereocenters. The summed E-state index contributed by atoms with van der Waals surface area (Å²) in [6.07, 6.45) is 5.22. The van der Waals surface area contributed by atoms with Gasteiger partial charge >= 0.3 is 0 Å². The van der Waals surface area contributed by atoms with E-state index in [2.05, 4.69) is 38.6 Å². The van der Waals surface area contributed by atoms with Crippen LogP contribution in [-0.2, 0) is 43.4 Å². The fourth-order valence-electron chi connectivity index (χ4n) is 8.96. The molecular weight excluding hydrogens is 887 g/mol. The summed E-state index contributed by atoms with van der Waals surface area (Å²) in [5, 5.41) is 18.0. The average molecular weight is 937 g/mol. The van der Waals surface area contributed by atoms with Crippen molar-refractivity contribution in [1.82, 2.24) is 19.9 Å². The number of fused-ring (bicyclic) bond motifs is 2. The number of nitrogens with two attached hydrogens (primary N) is 2. The molecule has 4 aromatic rings. The summed E-state index contributed by atoms with van der Waals surface area (Å²) in [7, 11) is -5.57. The van der Waals surface area contributed by atoms with Crippen molar-refractivity contribution in [3.63, 3.8) is 0 Å². The first-order valence-corrected chi connectivity index (χ1v) is 24.6. The first kappa shape index (κ1) is 47.6. The van der Waals surface area contributed by atoms with Crippen molar-refractivity contribution in [3.05, 3.63) is 117 Å². The molecule has 20 heteroatoms. The molecule has 8 rings (SSSR count). The van der Waals surface area contributed by atoms with Crippen LogP contribution in [0.3, 0.4) is 0 Å². The highest BCUT2D eigenvalue weighted by Crippen LogP contribution is 2.43. The molecule has 0 bridgehead atoms. The van der Waals surface area contributed by atoms with E-state index in [0.29, 0.717) is 59.6 Å². The van der Waals surface area contributed by atoms with Crippen LogP contribution in [0, 0.1) is 48.1 Å². The van der Waals surface area contributed by atoms with Gasteiger partial charge in [0.25, 0.3) is 0 Å². The second-order valence-corrected chi connectivity index (χ2v) is 23.4. The molecule has 0 radical (unpaired) electrons. The normalized spacial score (nSPS) is 28.8. The first-order valence-electron chi connectivity index (χ1n) is 21.3. The maximum absolute atomic E-state index is 15.0. The molecule has 0 unspecified atom stereocenters. The molecular formula is C46H50F2N12O4S2. The average Bonchev–Trinajstić information content (AvgIpc) is 3.26. The van der Waals surface area contributed by atoms with Crippen LogP contribution in [-0.4, -0.2) is 85.7 Å². The van der Waals surface area contributed by atoms with E-state index in [1.54, 1.807) is 39.8 Å². The molecule has 16 nitrogen and oxygen atoms in total. The lowest BCUT2D eigenvalue weighted by Gasteiger charge is -2.43. The van der Waals surface area contributed by atoms with Crippen molar-refractivity contribution in [2.45, 2.75) is 101 Å². The second-order valence-electron chi connectivity index (χ2n) is 18.0. The summed E-state index contributed by atoms with van der Waals surface area (Å²) in [5.74, 6) is -1.42. The molecule has 4 aliphatic rings. The van der Waals surface area contributed by atoms with Crippen LogP contribution in [0.5, 0.6) is 0 Å². The third-order valence-electron chi connectivity index (χ3n) is 12.9. The number of pyridine rings is 4. The van der Waals surface area contributed by atoms with Crippen molar-refractivity contribution in [1.29, 1.82) is 10.5 Å². The lowest BCUT2D eigenvalue weighted by atomic mass is 9.96. The molecule has 0 saturated heterocycles. The Hall–Kier alpha value is -6.38. The minimum absolute atomic E-state index is 0.00851.